The van der Waals surface area contributed by atoms with E-state index in [1.165, 1.54) is 25.3 Å². The van der Waals surface area contributed by atoms with Crippen LogP contribution in [0.15, 0.2) is 18.2 Å². The van der Waals surface area contributed by atoms with Crippen molar-refractivity contribution in [2.24, 2.45) is 0 Å². The summed E-state index contributed by atoms with van der Waals surface area (Å²) >= 11 is 0. The van der Waals surface area contributed by atoms with Crippen LogP contribution < -0.4 is 4.74 Å². The van der Waals surface area contributed by atoms with E-state index in [4.69, 9.17) is 9.47 Å². The number of nitrogens with zero attached hydrogens (tertiary/aromatic N) is 2. The van der Waals surface area contributed by atoms with Crippen LogP contribution in [0, 0.1) is 10.1 Å². The highest BCUT2D eigenvalue weighted by Crippen LogP contribution is 2.25. The predicted molar refractivity (Wildman–Crippen MR) is 104 cm³/mol. The van der Waals surface area contributed by atoms with E-state index < -0.39 is 10.9 Å². The standard InChI is InChI=1S/C20H26N2O7/c1-28-20(25)13-21(16-6-2-3-7-16)19(24)8-4-5-11-29-17-9-10-18(22(26)27)15(12-17)14-23/h9-10,12,14,16H,2-8,11,13H2,1H3. The lowest BCUT2D eigenvalue weighted by molar-refractivity contribution is -0.385. The molecule has 0 radical (unpaired) electrons. The second kappa shape index (κ2) is 11.1. The summed E-state index contributed by atoms with van der Waals surface area (Å²) in [6, 6.07) is 4.09. The van der Waals surface area contributed by atoms with Gasteiger partial charge in [0.15, 0.2) is 6.29 Å². The maximum atomic E-state index is 12.6. The first kappa shape index (κ1) is 22.3. The van der Waals surface area contributed by atoms with Crippen molar-refractivity contribution in [3.8, 4) is 5.75 Å². The quantitative estimate of drug-likeness (QED) is 0.182. The molecule has 9 nitrogen and oxygen atoms in total. The summed E-state index contributed by atoms with van der Waals surface area (Å²) < 4.78 is 10.2. The number of ether oxygens (including phenoxy) is 2. The van der Waals surface area contributed by atoms with Crippen LogP contribution >= 0.6 is 0 Å². The minimum Gasteiger partial charge on any atom is -0.494 e. The highest BCUT2D eigenvalue weighted by Gasteiger charge is 2.28. The number of amides is 1. The van der Waals surface area contributed by atoms with Gasteiger partial charge in [0.05, 0.1) is 24.2 Å². The first-order valence-corrected chi connectivity index (χ1v) is 9.69. The summed E-state index contributed by atoms with van der Waals surface area (Å²) in [6.45, 7) is 0.289. The number of carbonyl (C=O) groups is 3. The molecule has 1 saturated carbocycles. The number of rotatable bonds is 11. The van der Waals surface area contributed by atoms with Crippen molar-refractivity contribution in [1.29, 1.82) is 0 Å². The Morgan fingerprint density at radius 3 is 2.62 bits per heavy atom. The number of aldehydes is 1. The number of benzene rings is 1. The number of unbranched alkanes of at least 4 members (excludes halogenated alkanes) is 1. The van der Waals surface area contributed by atoms with Crippen molar-refractivity contribution in [3.63, 3.8) is 0 Å². The second-order valence-corrected chi connectivity index (χ2v) is 6.94. The second-order valence-electron chi connectivity index (χ2n) is 6.94. The molecular weight excluding hydrogens is 380 g/mol. The molecule has 0 aliphatic heterocycles. The van der Waals surface area contributed by atoms with Crippen LogP contribution in [0.5, 0.6) is 5.75 Å². The SMILES string of the molecule is COC(=O)CN(C(=O)CCCCOc1ccc([N+](=O)[O-])c(C=O)c1)C1CCCC1. The topological polar surface area (TPSA) is 116 Å². The van der Waals surface area contributed by atoms with Crippen molar-refractivity contribution in [2.45, 2.75) is 51.0 Å². The molecular formula is C20H26N2O7. The fraction of sp³-hybridized carbons (Fsp3) is 0.550. The average molecular weight is 406 g/mol. The van der Waals surface area contributed by atoms with Gasteiger partial charge in [0.1, 0.15) is 12.3 Å². The Kier molecular flexibility index (Phi) is 8.57. The largest absolute Gasteiger partial charge is 0.494 e. The van der Waals surface area contributed by atoms with Crippen LogP contribution in [0.3, 0.4) is 0 Å². The van der Waals surface area contributed by atoms with Gasteiger partial charge in [-0.05, 0) is 37.8 Å². The fourth-order valence-corrected chi connectivity index (χ4v) is 3.44. The molecule has 0 heterocycles. The van der Waals surface area contributed by atoms with Crippen molar-refractivity contribution in [1.82, 2.24) is 4.90 Å². The van der Waals surface area contributed by atoms with Gasteiger partial charge in [-0.1, -0.05) is 12.8 Å². The van der Waals surface area contributed by atoms with Crippen LogP contribution in [-0.2, 0) is 14.3 Å². The van der Waals surface area contributed by atoms with Crippen LogP contribution in [-0.4, -0.2) is 54.3 Å². The lowest BCUT2D eigenvalue weighted by atomic mass is 10.1. The molecule has 0 aromatic heterocycles. The molecule has 1 aliphatic rings. The van der Waals surface area contributed by atoms with Crippen LogP contribution in [0.1, 0.15) is 55.3 Å². The molecule has 0 atom stereocenters. The zero-order chi connectivity index (χ0) is 21.2. The third-order valence-corrected chi connectivity index (χ3v) is 4.99. The molecule has 1 aromatic carbocycles. The number of nitro groups is 1. The van der Waals surface area contributed by atoms with Crippen LogP contribution in [0.4, 0.5) is 5.69 Å². The van der Waals surface area contributed by atoms with Crippen molar-refractivity contribution >= 4 is 23.9 Å². The molecule has 1 amide bonds. The van der Waals surface area contributed by atoms with Crippen LogP contribution in [0.2, 0.25) is 0 Å². The Morgan fingerprint density at radius 1 is 1.28 bits per heavy atom. The first-order valence-electron chi connectivity index (χ1n) is 9.69. The van der Waals surface area contributed by atoms with E-state index in [-0.39, 0.29) is 29.7 Å². The average Bonchev–Trinajstić information content (AvgIpc) is 3.25. The van der Waals surface area contributed by atoms with E-state index in [9.17, 15) is 24.5 Å². The van der Waals surface area contributed by atoms with Gasteiger partial charge >= 0.3 is 5.97 Å². The van der Waals surface area contributed by atoms with Crippen molar-refractivity contribution < 1.29 is 28.8 Å². The molecule has 0 saturated heterocycles. The van der Waals surface area contributed by atoms with E-state index in [0.717, 1.165) is 25.7 Å². The molecule has 2 rings (SSSR count). The van der Waals surface area contributed by atoms with Crippen LogP contribution in [0.25, 0.3) is 0 Å². The minimum atomic E-state index is -0.621. The number of esters is 1. The fourth-order valence-electron chi connectivity index (χ4n) is 3.44. The van der Waals surface area contributed by atoms with E-state index in [0.29, 0.717) is 37.9 Å². The number of nitro benzene ring substituents is 1. The highest BCUT2D eigenvalue weighted by atomic mass is 16.6. The third kappa shape index (κ3) is 6.55. The minimum absolute atomic E-state index is 0.0201. The van der Waals surface area contributed by atoms with E-state index in [1.54, 1.807) is 4.90 Å². The smallest absolute Gasteiger partial charge is 0.325 e. The summed E-state index contributed by atoms with van der Waals surface area (Å²) in [5.41, 5.74) is -0.312. The number of carbonyl (C=O) groups excluding carboxylic acids is 3. The Hall–Kier alpha value is -2.97. The summed E-state index contributed by atoms with van der Waals surface area (Å²) in [4.78, 5) is 47.0. The summed E-state index contributed by atoms with van der Waals surface area (Å²) in [7, 11) is 1.31. The third-order valence-electron chi connectivity index (χ3n) is 4.99. The van der Waals surface area contributed by atoms with E-state index in [1.807, 2.05) is 0 Å². The molecule has 1 aromatic rings. The molecule has 29 heavy (non-hydrogen) atoms. The normalized spacial score (nSPS) is 13.7. The molecule has 1 fully saturated rings. The van der Waals surface area contributed by atoms with Gasteiger partial charge in [-0.15, -0.1) is 0 Å². The number of methoxy groups -OCH3 is 1. The molecule has 9 heteroatoms. The summed E-state index contributed by atoms with van der Waals surface area (Å²) in [5, 5.41) is 10.8. The molecule has 1 aliphatic carbocycles. The Morgan fingerprint density at radius 2 is 2.00 bits per heavy atom. The Labute approximate surface area is 169 Å². The van der Waals surface area contributed by atoms with Gasteiger partial charge in [0.25, 0.3) is 5.69 Å². The lowest BCUT2D eigenvalue weighted by Gasteiger charge is -2.28. The molecule has 0 spiro atoms. The monoisotopic (exact) mass is 406 g/mol. The van der Waals surface area contributed by atoms with Gasteiger partial charge < -0.3 is 14.4 Å². The van der Waals surface area contributed by atoms with Gasteiger partial charge in [0, 0.05) is 18.5 Å². The molecule has 0 bridgehead atoms. The Balaban J connectivity index is 1.79. The van der Waals surface area contributed by atoms with Gasteiger partial charge in [-0.2, -0.15) is 0 Å². The molecule has 0 unspecified atom stereocenters. The summed E-state index contributed by atoms with van der Waals surface area (Å²) in [6.07, 6.45) is 5.82. The summed E-state index contributed by atoms with van der Waals surface area (Å²) in [5.74, 6) is -0.124. The maximum absolute atomic E-state index is 12.6. The van der Waals surface area contributed by atoms with Gasteiger partial charge in [-0.25, -0.2) is 0 Å². The van der Waals surface area contributed by atoms with Gasteiger partial charge in [-0.3, -0.25) is 24.5 Å². The first-order chi connectivity index (χ1) is 14.0. The lowest BCUT2D eigenvalue weighted by Crippen LogP contribution is -2.42. The van der Waals surface area contributed by atoms with Crippen molar-refractivity contribution in [2.75, 3.05) is 20.3 Å². The highest BCUT2D eigenvalue weighted by molar-refractivity contribution is 5.82. The van der Waals surface area contributed by atoms with Crippen molar-refractivity contribution in [3.05, 3.63) is 33.9 Å². The maximum Gasteiger partial charge on any atom is 0.325 e. The number of hydrogen-bond acceptors (Lipinski definition) is 7. The molecule has 158 valence electrons. The van der Waals surface area contributed by atoms with E-state index >= 15 is 0 Å². The zero-order valence-electron chi connectivity index (χ0n) is 16.5. The molecule has 0 N–H and O–H groups in total. The zero-order valence-corrected chi connectivity index (χ0v) is 16.5. The van der Waals surface area contributed by atoms with E-state index in [2.05, 4.69) is 0 Å². The van der Waals surface area contributed by atoms with Gasteiger partial charge in [0.2, 0.25) is 5.91 Å². The number of hydrogen-bond donors (Lipinski definition) is 0. The Bertz CT molecular complexity index is 744. The predicted octanol–water partition coefficient (Wildman–Crippen LogP) is 2.90.